The van der Waals surface area contributed by atoms with Crippen molar-refractivity contribution in [1.29, 1.82) is 0 Å². The average molecular weight is 400 g/mol. The number of carbonyl (C=O) groups excluding carboxylic acids is 1. The molecule has 5 rings (SSSR count). The number of carbonyl (C=O) groups is 1. The monoisotopic (exact) mass is 400 g/mol. The molecule has 6 nitrogen and oxygen atoms in total. The van der Waals surface area contributed by atoms with E-state index in [1.54, 1.807) is 24.3 Å². The van der Waals surface area contributed by atoms with Crippen molar-refractivity contribution in [1.82, 2.24) is 14.8 Å². The van der Waals surface area contributed by atoms with Gasteiger partial charge in [-0.2, -0.15) is 4.98 Å². The number of aromatic nitrogens is 3. The Hall–Kier alpha value is -3.41. The van der Waals surface area contributed by atoms with Crippen molar-refractivity contribution < 1.29 is 9.90 Å². The number of Topliss-reactive ketones (excluding diaryl/α,β-unsaturated/α-hetero) is 1. The van der Waals surface area contributed by atoms with E-state index in [9.17, 15) is 9.90 Å². The van der Waals surface area contributed by atoms with E-state index in [-0.39, 0.29) is 23.0 Å². The Morgan fingerprint density at radius 2 is 1.90 bits per heavy atom. The minimum Gasteiger partial charge on any atom is -0.508 e. The highest BCUT2D eigenvalue weighted by molar-refractivity contribution is 6.00. The molecule has 1 aromatic heterocycles. The minimum atomic E-state index is -0.307. The lowest BCUT2D eigenvalue weighted by Gasteiger charge is -2.38. The number of aromatic hydroxyl groups is 1. The Balaban J connectivity index is 1.68. The van der Waals surface area contributed by atoms with Crippen LogP contribution in [0.4, 0.5) is 5.95 Å². The van der Waals surface area contributed by atoms with E-state index in [0.29, 0.717) is 18.2 Å². The highest BCUT2D eigenvalue weighted by Gasteiger charge is 2.41. The first-order valence-corrected chi connectivity index (χ1v) is 10.2. The average Bonchev–Trinajstić information content (AvgIpc) is 3.09. The Bertz CT molecular complexity index is 1190. The highest BCUT2D eigenvalue weighted by atomic mass is 16.3. The van der Waals surface area contributed by atoms with Crippen molar-refractivity contribution in [3.63, 3.8) is 0 Å². The molecule has 2 aromatic carbocycles. The summed E-state index contributed by atoms with van der Waals surface area (Å²) in [5.41, 5.74) is 4.61. The van der Waals surface area contributed by atoms with Crippen molar-refractivity contribution >= 4 is 11.7 Å². The van der Waals surface area contributed by atoms with Crippen molar-refractivity contribution in [2.45, 2.75) is 39.7 Å². The van der Waals surface area contributed by atoms with E-state index in [0.717, 1.165) is 34.4 Å². The number of allylic oxidation sites excluding steroid dienone is 2. The third-order valence-corrected chi connectivity index (χ3v) is 5.82. The predicted octanol–water partition coefficient (Wildman–Crippen LogP) is 4.62. The Morgan fingerprint density at radius 1 is 1.13 bits per heavy atom. The number of hydrogen-bond donors (Lipinski definition) is 2. The SMILES string of the molecule is Cc1cccc(C2C3=C(CC(C)(C)CC3=O)Nc3nc(-c4ccc(O)cc4)nn32)c1. The fraction of sp³-hybridized carbons (Fsp3) is 0.292. The van der Waals surface area contributed by atoms with Gasteiger partial charge in [-0.3, -0.25) is 4.79 Å². The standard InChI is InChI=1S/C24H24N4O2/c1-14-5-4-6-16(11-14)21-20-18(12-24(2,3)13-19(20)30)25-23-26-22(27-28(21)23)15-7-9-17(29)10-8-15/h4-11,21,29H,12-13H2,1-3H3,(H,25,26,27). The van der Waals surface area contributed by atoms with Gasteiger partial charge < -0.3 is 10.4 Å². The molecule has 0 fully saturated rings. The van der Waals surface area contributed by atoms with Gasteiger partial charge >= 0.3 is 0 Å². The van der Waals surface area contributed by atoms with Gasteiger partial charge in [-0.15, -0.1) is 5.10 Å². The quantitative estimate of drug-likeness (QED) is 0.656. The second kappa shape index (κ2) is 6.55. The second-order valence-corrected chi connectivity index (χ2v) is 9.03. The van der Waals surface area contributed by atoms with Gasteiger partial charge in [0.05, 0.1) is 0 Å². The normalized spacial score (nSPS) is 19.8. The molecule has 0 saturated carbocycles. The molecule has 2 N–H and O–H groups in total. The summed E-state index contributed by atoms with van der Waals surface area (Å²) < 4.78 is 1.83. The number of phenols is 1. The number of hydrogen-bond acceptors (Lipinski definition) is 5. The molecule has 0 bridgehead atoms. The predicted molar refractivity (Wildman–Crippen MR) is 115 cm³/mol. The highest BCUT2D eigenvalue weighted by Crippen LogP contribution is 2.45. The number of nitrogens with zero attached hydrogens (tertiary/aromatic N) is 3. The second-order valence-electron chi connectivity index (χ2n) is 9.03. The van der Waals surface area contributed by atoms with Gasteiger partial charge in [-0.05, 0) is 48.6 Å². The first-order chi connectivity index (χ1) is 14.3. The summed E-state index contributed by atoms with van der Waals surface area (Å²) >= 11 is 0. The van der Waals surface area contributed by atoms with Crippen LogP contribution in [-0.4, -0.2) is 25.7 Å². The molecule has 1 atom stereocenters. The molecule has 1 aliphatic carbocycles. The first-order valence-electron chi connectivity index (χ1n) is 10.2. The Labute approximate surface area is 175 Å². The molecule has 0 radical (unpaired) electrons. The molecule has 0 amide bonds. The molecule has 3 aromatic rings. The topological polar surface area (TPSA) is 80.0 Å². The maximum Gasteiger partial charge on any atom is 0.226 e. The van der Waals surface area contributed by atoms with Crippen molar-refractivity contribution in [3.8, 4) is 17.1 Å². The molecular weight excluding hydrogens is 376 g/mol. The van der Waals surface area contributed by atoms with E-state index >= 15 is 0 Å². The van der Waals surface area contributed by atoms with Crippen LogP contribution in [0.25, 0.3) is 11.4 Å². The molecule has 2 aliphatic rings. The lowest BCUT2D eigenvalue weighted by atomic mass is 9.73. The van der Waals surface area contributed by atoms with E-state index in [1.807, 2.05) is 16.8 Å². The van der Waals surface area contributed by atoms with Crippen LogP contribution in [0.15, 0.2) is 59.8 Å². The van der Waals surface area contributed by atoms with E-state index < -0.39 is 0 Å². The molecule has 6 heteroatoms. The zero-order valence-electron chi connectivity index (χ0n) is 17.3. The van der Waals surface area contributed by atoms with Crippen LogP contribution in [0, 0.1) is 12.3 Å². The van der Waals surface area contributed by atoms with Gasteiger partial charge in [0.25, 0.3) is 0 Å². The number of anilines is 1. The Kier molecular flexibility index (Phi) is 4.07. The molecule has 1 unspecified atom stereocenters. The van der Waals surface area contributed by atoms with Crippen LogP contribution >= 0.6 is 0 Å². The van der Waals surface area contributed by atoms with Crippen molar-refractivity contribution in [2.75, 3.05) is 5.32 Å². The summed E-state index contributed by atoms with van der Waals surface area (Å²) in [4.78, 5) is 18.0. The number of benzene rings is 2. The van der Waals surface area contributed by atoms with Crippen LogP contribution in [0.2, 0.25) is 0 Å². The summed E-state index contributed by atoms with van der Waals surface area (Å²) in [5.74, 6) is 1.55. The van der Waals surface area contributed by atoms with Crippen LogP contribution < -0.4 is 5.32 Å². The largest absolute Gasteiger partial charge is 0.508 e. The lowest BCUT2D eigenvalue weighted by Crippen LogP contribution is -2.36. The van der Waals surface area contributed by atoms with Gasteiger partial charge in [-0.25, -0.2) is 4.68 Å². The smallest absolute Gasteiger partial charge is 0.226 e. The summed E-state index contributed by atoms with van der Waals surface area (Å²) in [5, 5.41) is 17.8. The third-order valence-electron chi connectivity index (χ3n) is 5.82. The third kappa shape index (κ3) is 3.09. The fourth-order valence-corrected chi connectivity index (χ4v) is 4.49. The van der Waals surface area contributed by atoms with Gasteiger partial charge in [0.1, 0.15) is 11.8 Å². The van der Waals surface area contributed by atoms with Crippen LogP contribution in [0.1, 0.15) is 43.9 Å². The summed E-state index contributed by atoms with van der Waals surface area (Å²) in [6.45, 7) is 6.30. The van der Waals surface area contributed by atoms with E-state index in [1.165, 1.54) is 0 Å². The molecule has 30 heavy (non-hydrogen) atoms. The van der Waals surface area contributed by atoms with Crippen LogP contribution in [-0.2, 0) is 4.79 Å². The van der Waals surface area contributed by atoms with E-state index in [2.05, 4.69) is 38.2 Å². The Morgan fingerprint density at radius 3 is 2.63 bits per heavy atom. The van der Waals surface area contributed by atoms with Crippen LogP contribution in [0.3, 0.4) is 0 Å². The lowest BCUT2D eigenvalue weighted by molar-refractivity contribution is -0.118. The summed E-state index contributed by atoms with van der Waals surface area (Å²) in [6, 6.07) is 14.7. The van der Waals surface area contributed by atoms with Gasteiger partial charge in [0, 0.05) is 23.3 Å². The van der Waals surface area contributed by atoms with Gasteiger partial charge in [0.15, 0.2) is 11.6 Å². The number of nitrogens with one attached hydrogen (secondary N) is 1. The molecule has 0 spiro atoms. The molecule has 1 aliphatic heterocycles. The fourth-order valence-electron chi connectivity index (χ4n) is 4.49. The van der Waals surface area contributed by atoms with Gasteiger partial charge in [0.2, 0.25) is 5.95 Å². The van der Waals surface area contributed by atoms with Crippen molar-refractivity contribution in [2.24, 2.45) is 5.41 Å². The van der Waals surface area contributed by atoms with Crippen LogP contribution in [0.5, 0.6) is 5.75 Å². The van der Waals surface area contributed by atoms with E-state index in [4.69, 9.17) is 10.1 Å². The maximum atomic E-state index is 13.2. The van der Waals surface area contributed by atoms with Crippen molar-refractivity contribution in [3.05, 3.63) is 70.9 Å². The first kappa shape index (κ1) is 18.6. The molecular formula is C24H24N4O2. The maximum absolute atomic E-state index is 13.2. The number of phenolic OH excluding ortho intramolecular Hbond substituents is 1. The number of ketones is 1. The molecule has 0 saturated heterocycles. The van der Waals surface area contributed by atoms with Gasteiger partial charge in [-0.1, -0.05) is 43.7 Å². The number of aryl methyl sites for hydroxylation is 1. The molecule has 152 valence electrons. The number of rotatable bonds is 2. The minimum absolute atomic E-state index is 0.0952. The molecule has 2 heterocycles. The zero-order valence-corrected chi connectivity index (χ0v) is 17.3. The summed E-state index contributed by atoms with van der Waals surface area (Å²) in [7, 11) is 0. The zero-order chi connectivity index (χ0) is 21.0. The number of fused-ring (bicyclic) bond motifs is 1. The summed E-state index contributed by atoms with van der Waals surface area (Å²) in [6.07, 6.45) is 1.31.